The van der Waals surface area contributed by atoms with Crippen LogP contribution >= 0.6 is 11.8 Å². The van der Waals surface area contributed by atoms with Crippen LogP contribution in [0.25, 0.3) is 11.4 Å². The minimum Gasteiger partial charge on any atom is -0.469 e. The molecule has 2 heterocycles. The molecule has 4 rings (SSSR count). The van der Waals surface area contributed by atoms with Crippen molar-refractivity contribution in [3.63, 3.8) is 0 Å². The van der Waals surface area contributed by atoms with Gasteiger partial charge >= 0.3 is 0 Å². The van der Waals surface area contributed by atoms with Crippen LogP contribution in [0.2, 0.25) is 0 Å². The van der Waals surface area contributed by atoms with Gasteiger partial charge in [-0.1, -0.05) is 72.4 Å². The Balaban J connectivity index is 1.32. The highest BCUT2D eigenvalue weighted by Gasteiger charge is 2.17. The Hall–Kier alpha value is -3.52. The largest absolute Gasteiger partial charge is 0.469 e. The van der Waals surface area contributed by atoms with Gasteiger partial charge in [0.25, 0.3) is 0 Å². The van der Waals surface area contributed by atoms with Crippen LogP contribution < -0.4 is 11.2 Å². The maximum absolute atomic E-state index is 12.4. The van der Waals surface area contributed by atoms with Crippen LogP contribution in [0.4, 0.5) is 0 Å². The zero-order valence-corrected chi connectivity index (χ0v) is 18.6. The molecule has 4 aromatic rings. The smallest absolute Gasteiger partial charge is 0.230 e. The predicted octanol–water partition coefficient (Wildman–Crippen LogP) is 3.99. The summed E-state index contributed by atoms with van der Waals surface area (Å²) in [6.45, 7) is 2.41. The van der Waals surface area contributed by atoms with E-state index in [4.69, 9.17) is 10.3 Å². The summed E-state index contributed by atoms with van der Waals surface area (Å²) in [7, 11) is 0. The molecule has 0 fully saturated rings. The van der Waals surface area contributed by atoms with Gasteiger partial charge in [-0.05, 0) is 30.5 Å². The number of carbonyl (C=O) groups excluding carboxylic acids is 1. The molecule has 164 valence electrons. The quantitative estimate of drug-likeness (QED) is 0.297. The third-order valence-electron chi connectivity index (χ3n) is 5.26. The fraction of sp³-hybridized carbons (Fsp3) is 0.208. The van der Waals surface area contributed by atoms with E-state index in [1.165, 1.54) is 27.6 Å². The van der Waals surface area contributed by atoms with Crippen LogP contribution in [0, 0.1) is 6.92 Å². The molecule has 3 N–H and O–H groups in total. The van der Waals surface area contributed by atoms with Crippen molar-refractivity contribution in [2.75, 3.05) is 18.1 Å². The number of nitrogens with zero attached hydrogens (tertiary/aromatic N) is 3. The number of hydrogen-bond acceptors (Lipinski definition) is 6. The maximum atomic E-state index is 12.4. The zero-order chi connectivity index (χ0) is 22.3. The Morgan fingerprint density at radius 2 is 1.72 bits per heavy atom. The molecule has 0 aliphatic carbocycles. The summed E-state index contributed by atoms with van der Waals surface area (Å²) in [5, 5.41) is 11.7. The highest BCUT2D eigenvalue weighted by Crippen LogP contribution is 2.28. The first kappa shape index (κ1) is 21.7. The monoisotopic (exact) mass is 447 g/mol. The standard InChI is InChI=1S/C24H25N5O2S/c1-17-20(13-15-31-17)23-27-28-24(29(23)25)32-16-22(30)26-14-12-21(18-8-4-2-5-9-18)19-10-6-3-7-11-19/h2-11,13,15,21H,12,14,16,25H2,1H3,(H,26,30). The van der Waals surface area contributed by atoms with Crippen molar-refractivity contribution in [1.82, 2.24) is 20.2 Å². The number of furan rings is 1. The maximum Gasteiger partial charge on any atom is 0.230 e. The third kappa shape index (κ3) is 5.03. The molecule has 0 radical (unpaired) electrons. The Labute approximate surface area is 191 Å². The summed E-state index contributed by atoms with van der Waals surface area (Å²) in [6, 6.07) is 22.5. The van der Waals surface area contributed by atoms with Gasteiger partial charge in [0.1, 0.15) is 5.76 Å². The van der Waals surface area contributed by atoms with E-state index in [2.05, 4.69) is 39.8 Å². The van der Waals surface area contributed by atoms with E-state index in [0.717, 1.165) is 12.0 Å². The number of nitrogens with two attached hydrogens (primary N) is 1. The highest BCUT2D eigenvalue weighted by atomic mass is 32.2. The number of benzene rings is 2. The second-order valence-corrected chi connectivity index (χ2v) is 8.31. The van der Waals surface area contributed by atoms with Crippen molar-refractivity contribution < 1.29 is 9.21 Å². The molecule has 0 aliphatic heterocycles. The summed E-state index contributed by atoms with van der Waals surface area (Å²) < 4.78 is 6.69. The van der Waals surface area contributed by atoms with E-state index in [0.29, 0.717) is 23.3 Å². The Bertz CT molecular complexity index is 1120. The molecule has 0 spiro atoms. The third-order valence-corrected chi connectivity index (χ3v) is 6.20. The van der Waals surface area contributed by atoms with E-state index in [9.17, 15) is 4.79 Å². The summed E-state index contributed by atoms with van der Waals surface area (Å²) in [4.78, 5) is 12.4. The minimum absolute atomic E-state index is 0.0704. The SMILES string of the molecule is Cc1occc1-c1nnc(SCC(=O)NCCC(c2ccccc2)c2ccccc2)n1N. The number of carbonyl (C=O) groups is 1. The first-order chi connectivity index (χ1) is 15.6. The molecule has 1 amide bonds. The van der Waals surface area contributed by atoms with E-state index < -0.39 is 0 Å². The molecule has 2 aromatic carbocycles. The number of rotatable bonds is 9. The normalized spacial score (nSPS) is 11.1. The summed E-state index contributed by atoms with van der Waals surface area (Å²) in [5.74, 6) is 7.70. The molecule has 0 saturated carbocycles. The van der Waals surface area contributed by atoms with Gasteiger partial charge in [-0.25, -0.2) is 4.68 Å². The van der Waals surface area contributed by atoms with E-state index in [1.54, 1.807) is 12.3 Å². The molecule has 0 aliphatic rings. The molecule has 0 atom stereocenters. The molecule has 32 heavy (non-hydrogen) atoms. The van der Waals surface area contributed by atoms with Crippen molar-refractivity contribution >= 4 is 17.7 Å². The fourth-order valence-electron chi connectivity index (χ4n) is 3.61. The molecular formula is C24H25N5O2S. The van der Waals surface area contributed by atoms with Crippen molar-refractivity contribution in [3.05, 3.63) is 89.9 Å². The average molecular weight is 448 g/mol. The summed E-state index contributed by atoms with van der Waals surface area (Å²) >= 11 is 1.25. The lowest BCUT2D eigenvalue weighted by molar-refractivity contribution is -0.118. The summed E-state index contributed by atoms with van der Waals surface area (Å²) in [6.07, 6.45) is 2.39. The number of aromatic nitrogens is 3. The number of nitrogen functional groups attached to an aromatic ring is 1. The van der Waals surface area contributed by atoms with Crippen LogP contribution in [-0.2, 0) is 4.79 Å². The molecule has 0 unspecified atom stereocenters. The summed E-state index contributed by atoms with van der Waals surface area (Å²) in [5.41, 5.74) is 3.26. The van der Waals surface area contributed by atoms with Crippen LogP contribution in [0.5, 0.6) is 0 Å². The Morgan fingerprint density at radius 3 is 2.31 bits per heavy atom. The van der Waals surface area contributed by atoms with Crippen LogP contribution in [0.15, 0.2) is 82.6 Å². The van der Waals surface area contributed by atoms with Crippen LogP contribution in [0.3, 0.4) is 0 Å². The van der Waals surface area contributed by atoms with E-state index in [-0.39, 0.29) is 17.6 Å². The van der Waals surface area contributed by atoms with Crippen LogP contribution in [-0.4, -0.2) is 33.1 Å². The Kier molecular flexibility index (Phi) is 6.91. The van der Waals surface area contributed by atoms with Gasteiger partial charge in [-0.15, -0.1) is 10.2 Å². The predicted molar refractivity (Wildman–Crippen MR) is 126 cm³/mol. The molecule has 7 nitrogen and oxygen atoms in total. The van der Waals surface area contributed by atoms with Gasteiger partial charge in [0, 0.05) is 12.5 Å². The molecule has 0 saturated heterocycles. The van der Waals surface area contributed by atoms with E-state index >= 15 is 0 Å². The van der Waals surface area contributed by atoms with Gasteiger partial charge in [-0.2, -0.15) is 0 Å². The van der Waals surface area contributed by atoms with Gasteiger partial charge < -0.3 is 15.6 Å². The first-order valence-corrected chi connectivity index (χ1v) is 11.4. The van der Waals surface area contributed by atoms with Crippen molar-refractivity contribution in [2.24, 2.45) is 0 Å². The topological polar surface area (TPSA) is 99.0 Å². The number of hydrogen-bond donors (Lipinski definition) is 2. The Morgan fingerprint density at radius 1 is 1.06 bits per heavy atom. The minimum atomic E-state index is -0.0704. The number of amides is 1. The van der Waals surface area contributed by atoms with Gasteiger partial charge in [0.15, 0.2) is 5.82 Å². The average Bonchev–Trinajstić information content (AvgIpc) is 3.41. The van der Waals surface area contributed by atoms with Crippen LogP contribution in [0.1, 0.15) is 29.2 Å². The second kappa shape index (κ2) is 10.2. The van der Waals surface area contributed by atoms with Crippen molar-refractivity contribution in [3.8, 4) is 11.4 Å². The lowest BCUT2D eigenvalue weighted by Crippen LogP contribution is -2.27. The van der Waals surface area contributed by atoms with Crippen molar-refractivity contribution in [2.45, 2.75) is 24.4 Å². The van der Waals surface area contributed by atoms with Gasteiger partial charge in [0.05, 0.1) is 17.6 Å². The highest BCUT2D eigenvalue weighted by molar-refractivity contribution is 7.99. The number of nitrogens with one attached hydrogen (secondary N) is 1. The lowest BCUT2D eigenvalue weighted by atomic mass is 9.88. The van der Waals surface area contributed by atoms with E-state index in [1.807, 2.05) is 43.3 Å². The van der Waals surface area contributed by atoms with Gasteiger partial charge in [0.2, 0.25) is 11.1 Å². The first-order valence-electron chi connectivity index (χ1n) is 10.4. The molecular weight excluding hydrogens is 422 g/mol. The lowest BCUT2D eigenvalue weighted by Gasteiger charge is -2.18. The second-order valence-electron chi connectivity index (χ2n) is 7.37. The van der Waals surface area contributed by atoms with Crippen molar-refractivity contribution in [1.29, 1.82) is 0 Å². The molecule has 2 aromatic heterocycles. The number of thioether (sulfide) groups is 1. The van der Waals surface area contributed by atoms with Gasteiger partial charge in [-0.3, -0.25) is 4.79 Å². The number of aryl methyl sites for hydroxylation is 1. The zero-order valence-electron chi connectivity index (χ0n) is 17.8. The molecule has 0 bridgehead atoms. The molecule has 8 heteroatoms. The fourth-order valence-corrected chi connectivity index (χ4v) is 4.30.